The van der Waals surface area contributed by atoms with Gasteiger partial charge in [-0.2, -0.15) is 0 Å². The third-order valence-corrected chi connectivity index (χ3v) is 4.41. The van der Waals surface area contributed by atoms with Gasteiger partial charge in [-0.05, 0) is 12.5 Å². The fourth-order valence-corrected chi connectivity index (χ4v) is 2.91. The van der Waals surface area contributed by atoms with Crippen molar-refractivity contribution in [1.82, 2.24) is 9.55 Å². The van der Waals surface area contributed by atoms with E-state index in [4.69, 9.17) is 14.2 Å². The predicted octanol–water partition coefficient (Wildman–Crippen LogP) is 1.98. The van der Waals surface area contributed by atoms with Crippen molar-refractivity contribution < 1.29 is 23.8 Å². The molecule has 1 aromatic carbocycles. The van der Waals surface area contributed by atoms with Gasteiger partial charge in [0.15, 0.2) is 0 Å². The highest BCUT2D eigenvalue weighted by Crippen LogP contribution is 2.27. The number of carbonyl (C=O) groups excluding carboxylic acids is 2. The Balaban J connectivity index is 1.84. The van der Waals surface area contributed by atoms with Crippen molar-refractivity contribution in [3.8, 4) is 0 Å². The number of imidazole rings is 1. The van der Waals surface area contributed by atoms with E-state index in [2.05, 4.69) is 4.98 Å². The largest absolute Gasteiger partial charge is 0.466 e. The normalized spacial score (nSPS) is 20.9. The van der Waals surface area contributed by atoms with E-state index in [0.29, 0.717) is 6.61 Å². The van der Waals surface area contributed by atoms with Gasteiger partial charge in [0.2, 0.25) is 5.60 Å². The van der Waals surface area contributed by atoms with Crippen LogP contribution in [-0.4, -0.2) is 47.4 Å². The fraction of sp³-hybridized carbons (Fsp3) is 0.389. The molecule has 2 heterocycles. The number of carbonyl (C=O) groups is 2. The molecule has 0 bridgehead atoms. The number of hydrogen-bond donors (Lipinski definition) is 0. The van der Waals surface area contributed by atoms with Crippen LogP contribution in [0.3, 0.4) is 0 Å². The van der Waals surface area contributed by atoms with Gasteiger partial charge in [0, 0.05) is 6.42 Å². The van der Waals surface area contributed by atoms with Gasteiger partial charge in [0.25, 0.3) is 0 Å². The van der Waals surface area contributed by atoms with Crippen LogP contribution in [0.2, 0.25) is 0 Å². The maximum absolute atomic E-state index is 12.7. The average molecular weight is 344 g/mol. The summed E-state index contributed by atoms with van der Waals surface area (Å²) in [5.41, 5.74) is -0.0929. The standard InChI is InChI=1S/C18H20N2O5/c1-13(14-6-4-3-5-7-14)20-12-19-10-15(20)16(21)25-18(17(22)23-2)8-9-24-11-18/h3-7,10,12-13H,8-9,11H2,1-2H3. The summed E-state index contributed by atoms with van der Waals surface area (Å²) >= 11 is 0. The van der Waals surface area contributed by atoms with Gasteiger partial charge in [-0.3, -0.25) is 0 Å². The molecule has 1 fully saturated rings. The van der Waals surface area contributed by atoms with E-state index in [1.807, 2.05) is 37.3 Å². The molecule has 0 spiro atoms. The summed E-state index contributed by atoms with van der Waals surface area (Å²) in [5, 5.41) is 0. The van der Waals surface area contributed by atoms with Crippen molar-refractivity contribution in [2.24, 2.45) is 0 Å². The Hall–Kier alpha value is -2.67. The van der Waals surface area contributed by atoms with Crippen LogP contribution < -0.4 is 0 Å². The van der Waals surface area contributed by atoms with Crippen molar-refractivity contribution in [2.45, 2.75) is 25.0 Å². The lowest BCUT2D eigenvalue weighted by atomic mass is 10.0. The second-order valence-electron chi connectivity index (χ2n) is 5.95. The molecular weight excluding hydrogens is 324 g/mol. The molecule has 1 saturated heterocycles. The number of esters is 2. The van der Waals surface area contributed by atoms with E-state index < -0.39 is 17.5 Å². The first-order valence-corrected chi connectivity index (χ1v) is 8.04. The van der Waals surface area contributed by atoms with Gasteiger partial charge < -0.3 is 18.8 Å². The van der Waals surface area contributed by atoms with Crippen LogP contribution in [-0.2, 0) is 19.0 Å². The second kappa shape index (κ2) is 7.06. The summed E-state index contributed by atoms with van der Waals surface area (Å²) in [6, 6.07) is 9.63. The topological polar surface area (TPSA) is 79.7 Å². The summed E-state index contributed by atoms with van der Waals surface area (Å²) in [5.74, 6) is -1.24. The highest BCUT2D eigenvalue weighted by atomic mass is 16.6. The Morgan fingerprint density at radius 1 is 1.32 bits per heavy atom. The van der Waals surface area contributed by atoms with Gasteiger partial charge in [-0.1, -0.05) is 30.3 Å². The lowest BCUT2D eigenvalue weighted by molar-refractivity contribution is -0.162. The molecule has 0 amide bonds. The summed E-state index contributed by atoms with van der Waals surface area (Å²) in [4.78, 5) is 28.8. The van der Waals surface area contributed by atoms with Gasteiger partial charge in [0.1, 0.15) is 5.69 Å². The van der Waals surface area contributed by atoms with Crippen LogP contribution in [0.5, 0.6) is 0 Å². The van der Waals surface area contributed by atoms with Gasteiger partial charge in [-0.25, -0.2) is 14.6 Å². The van der Waals surface area contributed by atoms with E-state index in [0.717, 1.165) is 5.56 Å². The zero-order valence-corrected chi connectivity index (χ0v) is 14.2. The molecule has 7 heteroatoms. The highest BCUT2D eigenvalue weighted by molar-refractivity contribution is 5.91. The number of rotatable bonds is 5. The molecule has 1 aliphatic heterocycles. The number of nitrogens with zero attached hydrogens (tertiary/aromatic N) is 2. The summed E-state index contributed by atoms with van der Waals surface area (Å²) in [7, 11) is 1.26. The van der Waals surface area contributed by atoms with Crippen molar-refractivity contribution in [1.29, 1.82) is 0 Å². The van der Waals surface area contributed by atoms with Crippen LogP contribution in [0.1, 0.15) is 35.4 Å². The minimum Gasteiger partial charge on any atom is -0.466 e. The highest BCUT2D eigenvalue weighted by Gasteiger charge is 2.48. The summed E-state index contributed by atoms with van der Waals surface area (Å²) < 4.78 is 17.3. The van der Waals surface area contributed by atoms with E-state index in [-0.39, 0.29) is 24.8 Å². The molecule has 1 aliphatic rings. The first-order valence-electron chi connectivity index (χ1n) is 8.04. The Kier molecular flexibility index (Phi) is 4.85. The number of ether oxygens (including phenoxy) is 3. The summed E-state index contributed by atoms with van der Waals surface area (Å²) in [6.45, 7) is 2.29. The van der Waals surface area contributed by atoms with Crippen LogP contribution in [0.15, 0.2) is 42.9 Å². The average Bonchev–Trinajstić information content (AvgIpc) is 3.31. The first kappa shape index (κ1) is 17.2. The molecule has 0 saturated carbocycles. The zero-order valence-electron chi connectivity index (χ0n) is 14.2. The van der Waals surface area contributed by atoms with Crippen LogP contribution in [0.4, 0.5) is 0 Å². The van der Waals surface area contributed by atoms with E-state index in [9.17, 15) is 9.59 Å². The first-order chi connectivity index (χ1) is 12.1. The minimum atomic E-state index is -1.39. The Labute approximate surface area is 145 Å². The third-order valence-electron chi connectivity index (χ3n) is 4.41. The van der Waals surface area contributed by atoms with E-state index in [1.54, 1.807) is 10.9 Å². The quantitative estimate of drug-likeness (QED) is 0.772. The minimum absolute atomic E-state index is 0.00616. The number of hydrogen-bond acceptors (Lipinski definition) is 6. The number of benzene rings is 1. The van der Waals surface area contributed by atoms with Crippen molar-refractivity contribution >= 4 is 11.9 Å². The molecule has 132 valence electrons. The lowest BCUT2D eigenvalue weighted by Gasteiger charge is -2.25. The Morgan fingerprint density at radius 2 is 2.08 bits per heavy atom. The monoisotopic (exact) mass is 344 g/mol. The smallest absolute Gasteiger partial charge is 0.357 e. The lowest BCUT2D eigenvalue weighted by Crippen LogP contribution is -2.45. The molecule has 2 unspecified atom stereocenters. The van der Waals surface area contributed by atoms with E-state index in [1.165, 1.54) is 13.3 Å². The fourth-order valence-electron chi connectivity index (χ4n) is 2.91. The Bertz CT molecular complexity index is 750. The molecule has 7 nitrogen and oxygen atoms in total. The van der Waals surface area contributed by atoms with Gasteiger partial charge in [-0.15, -0.1) is 0 Å². The summed E-state index contributed by atoms with van der Waals surface area (Å²) in [6.07, 6.45) is 3.28. The van der Waals surface area contributed by atoms with Crippen LogP contribution >= 0.6 is 0 Å². The van der Waals surface area contributed by atoms with Crippen molar-refractivity contribution in [3.63, 3.8) is 0 Å². The molecule has 2 atom stereocenters. The van der Waals surface area contributed by atoms with E-state index >= 15 is 0 Å². The van der Waals surface area contributed by atoms with Crippen LogP contribution in [0, 0.1) is 0 Å². The Morgan fingerprint density at radius 3 is 2.72 bits per heavy atom. The molecule has 3 rings (SSSR count). The molecule has 25 heavy (non-hydrogen) atoms. The molecule has 1 aromatic heterocycles. The number of aromatic nitrogens is 2. The van der Waals surface area contributed by atoms with Crippen molar-refractivity contribution in [3.05, 3.63) is 54.1 Å². The molecule has 0 N–H and O–H groups in total. The molecule has 0 radical (unpaired) electrons. The second-order valence-corrected chi connectivity index (χ2v) is 5.95. The van der Waals surface area contributed by atoms with Crippen molar-refractivity contribution in [2.75, 3.05) is 20.3 Å². The molecule has 0 aliphatic carbocycles. The molecule has 2 aromatic rings. The van der Waals surface area contributed by atoms with Crippen LogP contribution in [0.25, 0.3) is 0 Å². The number of methoxy groups -OCH3 is 1. The SMILES string of the molecule is COC(=O)C1(OC(=O)c2cncn2C(C)c2ccccc2)CCOC1. The maximum atomic E-state index is 12.7. The maximum Gasteiger partial charge on any atom is 0.357 e. The van der Waals surface area contributed by atoms with Gasteiger partial charge in [0.05, 0.1) is 38.9 Å². The van der Waals surface area contributed by atoms with Gasteiger partial charge >= 0.3 is 11.9 Å². The third kappa shape index (κ3) is 3.28. The predicted molar refractivity (Wildman–Crippen MR) is 88.1 cm³/mol. The molecular formula is C18H20N2O5. The zero-order chi connectivity index (χ0) is 17.9.